The second kappa shape index (κ2) is 9.29. The summed E-state index contributed by atoms with van der Waals surface area (Å²) in [5.74, 6) is 1.05. The molecule has 2 saturated heterocycles. The van der Waals surface area contributed by atoms with Crippen LogP contribution in [0.25, 0.3) is 11.0 Å². The van der Waals surface area contributed by atoms with Gasteiger partial charge in [0, 0.05) is 45.0 Å². The van der Waals surface area contributed by atoms with Gasteiger partial charge < -0.3 is 10.0 Å². The molecule has 2 fully saturated rings. The minimum absolute atomic E-state index is 0.0974. The second-order valence-corrected chi connectivity index (χ2v) is 9.22. The van der Waals surface area contributed by atoms with Gasteiger partial charge in [0.25, 0.3) is 0 Å². The fourth-order valence-corrected chi connectivity index (χ4v) is 5.15. The Kier molecular flexibility index (Phi) is 6.49. The number of aliphatic hydroxyl groups excluding tert-OH is 1. The molecule has 2 aliphatic rings. The Morgan fingerprint density at radius 1 is 1.23 bits per heavy atom. The molecular weight excluding hydrogens is 390 g/mol. The van der Waals surface area contributed by atoms with Crippen molar-refractivity contribution in [3.05, 3.63) is 30.1 Å². The molecule has 3 atom stereocenters. The number of likely N-dealkylation sites (tertiary alicyclic amines) is 1. The average Bonchev–Trinajstić information content (AvgIpc) is 2.78. The summed E-state index contributed by atoms with van der Waals surface area (Å²) in [4.78, 5) is 26.5. The normalized spacial score (nSPS) is 24.1. The molecule has 0 amide bonds. The molecule has 2 aromatic rings. The number of benzene rings is 1. The minimum atomic E-state index is -0.225. The van der Waals surface area contributed by atoms with Gasteiger partial charge >= 0.3 is 0 Å². The molecule has 0 bridgehead atoms. The van der Waals surface area contributed by atoms with Gasteiger partial charge in [0.2, 0.25) is 0 Å². The third kappa shape index (κ3) is 4.70. The van der Waals surface area contributed by atoms with Crippen LogP contribution in [0, 0.1) is 23.2 Å². The summed E-state index contributed by atoms with van der Waals surface area (Å²) in [6.45, 7) is 7.53. The maximum atomic E-state index is 13.1. The summed E-state index contributed by atoms with van der Waals surface area (Å²) in [6.07, 6.45) is 6.16. The minimum Gasteiger partial charge on any atom is -0.393 e. The number of rotatable bonds is 5. The van der Waals surface area contributed by atoms with Crippen LogP contribution >= 0.6 is 0 Å². The molecule has 164 valence electrons. The monoisotopic (exact) mass is 421 g/mol. The van der Waals surface area contributed by atoms with E-state index in [1.165, 1.54) is 0 Å². The van der Waals surface area contributed by atoms with Gasteiger partial charge in [0.05, 0.1) is 23.4 Å². The number of piperidine rings is 2. The molecule has 1 aromatic carbocycles. The van der Waals surface area contributed by atoms with Crippen LogP contribution in [-0.2, 0) is 4.79 Å². The topological polar surface area (TPSA) is 93.3 Å². The van der Waals surface area contributed by atoms with Crippen molar-refractivity contribution in [3.63, 3.8) is 0 Å². The highest BCUT2D eigenvalue weighted by molar-refractivity contribution is 5.92. The largest absolute Gasteiger partial charge is 0.393 e. The fraction of sp³-hybridized carbons (Fsp3) is 0.583. The third-order valence-electron chi connectivity index (χ3n) is 6.81. The van der Waals surface area contributed by atoms with E-state index in [4.69, 9.17) is 0 Å². The van der Waals surface area contributed by atoms with Crippen LogP contribution in [0.4, 0.5) is 5.69 Å². The number of aromatic nitrogens is 2. The number of hydrogen-bond acceptors (Lipinski definition) is 7. The highest BCUT2D eigenvalue weighted by atomic mass is 16.3. The predicted molar refractivity (Wildman–Crippen MR) is 120 cm³/mol. The van der Waals surface area contributed by atoms with E-state index in [0.717, 1.165) is 56.6 Å². The molecule has 1 N–H and O–H groups in total. The van der Waals surface area contributed by atoms with E-state index >= 15 is 0 Å². The van der Waals surface area contributed by atoms with Gasteiger partial charge in [0.1, 0.15) is 22.9 Å². The van der Waals surface area contributed by atoms with E-state index in [9.17, 15) is 15.2 Å². The maximum Gasteiger partial charge on any atom is 0.150 e. The second-order valence-electron chi connectivity index (χ2n) is 9.22. The summed E-state index contributed by atoms with van der Waals surface area (Å²) < 4.78 is 0. The Labute approximate surface area is 183 Å². The van der Waals surface area contributed by atoms with Crippen LogP contribution < -0.4 is 4.90 Å². The summed E-state index contributed by atoms with van der Waals surface area (Å²) in [7, 11) is 0. The van der Waals surface area contributed by atoms with E-state index < -0.39 is 0 Å². The van der Waals surface area contributed by atoms with Crippen molar-refractivity contribution >= 4 is 22.5 Å². The van der Waals surface area contributed by atoms with Crippen LogP contribution in [0.5, 0.6) is 0 Å². The fourth-order valence-electron chi connectivity index (χ4n) is 5.15. The Morgan fingerprint density at radius 3 is 2.65 bits per heavy atom. The SMILES string of the molecule is CC(C(=O)C[C@@H]1C[C@H](C)CN(c2ccc(C#N)c3nccnc23)C1)N1CCC(O)CC1. The molecule has 2 aliphatic heterocycles. The van der Waals surface area contributed by atoms with E-state index in [2.05, 4.69) is 32.8 Å². The zero-order valence-corrected chi connectivity index (χ0v) is 18.4. The molecule has 3 heterocycles. The predicted octanol–water partition coefficient (Wildman–Crippen LogP) is 2.77. The first-order valence-corrected chi connectivity index (χ1v) is 11.3. The molecule has 0 radical (unpaired) electrons. The van der Waals surface area contributed by atoms with Crippen molar-refractivity contribution in [2.75, 3.05) is 31.1 Å². The standard InChI is InChI=1S/C24H31N5O2/c1-16-11-18(12-22(31)17(2)28-9-5-20(30)6-10-28)15-29(14-16)21-4-3-19(13-25)23-24(21)27-8-7-26-23/h3-4,7-8,16-18,20,30H,5-6,9-12,14-15H2,1-2H3/t16-,17?,18-/m0/s1. The van der Waals surface area contributed by atoms with Crippen LogP contribution in [0.3, 0.4) is 0 Å². The summed E-state index contributed by atoms with van der Waals surface area (Å²) in [5.41, 5.74) is 2.91. The number of hydrogen-bond donors (Lipinski definition) is 1. The number of nitriles is 1. The summed E-state index contributed by atoms with van der Waals surface area (Å²) in [5, 5.41) is 19.1. The van der Waals surface area contributed by atoms with Crippen molar-refractivity contribution in [1.82, 2.24) is 14.9 Å². The zero-order chi connectivity index (χ0) is 22.0. The molecule has 4 rings (SSSR count). The first-order chi connectivity index (χ1) is 15.0. The van der Waals surface area contributed by atoms with Gasteiger partial charge in [-0.25, -0.2) is 0 Å². The van der Waals surface area contributed by atoms with Crippen molar-refractivity contribution in [3.8, 4) is 6.07 Å². The molecule has 1 unspecified atom stereocenters. The molecule has 0 saturated carbocycles. The number of Topliss-reactive ketones (excluding diaryl/α,β-unsaturated/α-hetero) is 1. The van der Waals surface area contributed by atoms with Gasteiger partial charge in [-0.1, -0.05) is 6.92 Å². The quantitative estimate of drug-likeness (QED) is 0.793. The van der Waals surface area contributed by atoms with Gasteiger partial charge in [-0.15, -0.1) is 0 Å². The van der Waals surface area contributed by atoms with Crippen LogP contribution in [-0.4, -0.2) is 64.1 Å². The molecule has 1 aromatic heterocycles. The molecule has 31 heavy (non-hydrogen) atoms. The Balaban J connectivity index is 1.48. The Morgan fingerprint density at radius 2 is 1.94 bits per heavy atom. The number of ketones is 1. The van der Waals surface area contributed by atoms with Crippen molar-refractivity contribution in [1.29, 1.82) is 5.26 Å². The summed E-state index contributed by atoms with van der Waals surface area (Å²) >= 11 is 0. The zero-order valence-electron chi connectivity index (χ0n) is 18.4. The molecule has 7 heteroatoms. The van der Waals surface area contributed by atoms with Crippen molar-refractivity contribution in [2.24, 2.45) is 11.8 Å². The number of fused-ring (bicyclic) bond motifs is 1. The first kappa shape index (κ1) is 21.7. The number of anilines is 1. The Bertz CT molecular complexity index is 980. The van der Waals surface area contributed by atoms with Gasteiger partial charge in [-0.3, -0.25) is 19.7 Å². The van der Waals surface area contributed by atoms with E-state index in [0.29, 0.717) is 29.2 Å². The molecular formula is C24H31N5O2. The third-order valence-corrected chi connectivity index (χ3v) is 6.81. The van der Waals surface area contributed by atoms with E-state index in [-0.39, 0.29) is 18.1 Å². The van der Waals surface area contributed by atoms with E-state index in [1.807, 2.05) is 19.1 Å². The molecule has 0 spiro atoms. The van der Waals surface area contributed by atoms with Gasteiger partial charge in [0.15, 0.2) is 0 Å². The lowest BCUT2D eigenvalue weighted by molar-refractivity contribution is -0.125. The number of aliphatic hydroxyl groups is 1. The average molecular weight is 422 g/mol. The maximum absolute atomic E-state index is 13.1. The number of carbonyl (C=O) groups is 1. The van der Waals surface area contributed by atoms with Crippen molar-refractivity contribution < 1.29 is 9.90 Å². The smallest absolute Gasteiger partial charge is 0.150 e. The highest BCUT2D eigenvalue weighted by Crippen LogP contribution is 2.33. The lowest BCUT2D eigenvalue weighted by Gasteiger charge is -2.39. The lowest BCUT2D eigenvalue weighted by Crippen LogP contribution is -2.47. The first-order valence-electron chi connectivity index (χ1n) is 11.3. The summed E-state index contributed by atoms with van der Waals surface area (Å²) in [6, 6.07) is 5.89. The Hall–Kier alpha value is -2.56. The van der Waals surface area contributed by atoms with Crippen LogP contribution in [0.1, 0.15) is 45.1 Å². The van der Waals surface area contributed by atoms with Crippen molar-refractivity contribution in [2.45, 2.75) is 51.7 Å². The van der Waals surface area contributed by atoms with Crippen LogP contribution in [0.2, 0.25) is 0 Å². The number of carbonyl (C=O) groups excluding carboxylic acids is 1. The lowest BCUT2D eigenvalue weighted by atomic mass is 9.85. The van der Waals surface area contributed by atoms with Gasteiger partial charge in [-0.2, -0.15) is 5.26 Å². The highest BCUT2D eigenvalue weighted by Gasteiger charge is 2.31. The molecule has 0 aliphatic carbocycles. The molecule has 7 nitrogen and oxygen atoms in total. The van der Waals surface area contributed by atoms with E-state index in [1.54, 1.807) is 12.4 Å². The van der Waals surface area contributed by atoms with Gasteiger partial charge in [-0.05, 0) is 50.2 Å². The number of nitrogens with zero attached hydrogens (tertiary/aromatic N) is 5. The van der Waals surface area contributed by atoms with Crippen LogP contribution in [0.15, 0.2) is 24.5 Å².